The third-order valence-corrected chi connectivity index (χ3v) is 5.17. The van der Waals surface area contributed by atoms with Crippen LogP contribution in [0.2, 0.25) is 0 Å². The van der Waals surface area contributed by atoms with E-state index in [1.165, 1.54) is 0 Å². The van der Waals surface area contributed by atoms with Crippen LogP contribution in [0, 0.1) is 12.8 Å². The number of anilines is 1. The fourth-order valence-electron chi connectivity index (χ4n) is 3.96. The van der Waals surface area contributed by atoms with E-state index >= 15 is 0 Å². The van der Waals surface area contributed by atoms with Gasteiger partial charge in [0.05, 0.1) is 18.2 Å². The second kappa shape index (κ2) is 6.82. The number of amides is 1. The number of aryl methyl sites for hydroxylation is 1. The van der Waals surface area contributed by atoms with E-state index in [4.69, 9.17) is 4.52 Å². The molecule has 2 fully saturated rings. The highest BCUT2D eigenvalue weighted by Crippen LogP contribution is 2.34. The number of likely N-dealkylation sites (tertiary alicyclic amines) is 1. The Balaban J connectivity index is 1.48. The van der Waals surface area contributed by atoms with E-state index in [-0.39, 0.29) is 17.9 Å². The summed E-state index contributed by atoms with van der Waals surface area (Å²) in [6, 6.07) is 2.00. The van der Waals surface area contributed by atoms with Crippen LogP contribution in [0.3, 0.4) is 0 Å². The largest absolute Gasteiger partial charge is 0.361 e. The quantitative estimate of drug-likeness (QED) is 0.853. The van der Waals surface area contributed by atoms with Crippen molar-refractivity contribution in [1.82, 2.24) is 20.0 Å². The molecule has 2 atom stereocenters. The molecular weight excluding hydrogens is 318 g/mol. The van der Waals surface area contributed by atoms with Crippen LogP contribution >= 0.6 is 0 Å². The molecule has 2 aromatic rings. The minimum atomic E-state index is 0.00403. The molecule has 7 heteroatoms. The van der Waals surface area contributed by atoms with Crippen LogP contribution in [0.5, 0.6) is 0 Å². The molecule has 0 radical (unpaired) electrons. The van der Waals surface area contributed by atoms with Crippen molar-refractivity contribution in [3.8, 4) is 0 Å². The predicted octanol–water partition coefficient (Wildman–Crippen LogP) is 2.35. The Bertz CT molecular complexity index is 732. The summed E-state index contributed by atoms with van der Waals surface area (Å²) in [5, 5.41) is 4.14. The summed E-state index contributed by atoms with van der Waals surface area (Å²) in [5.41, 5.74) is 0.880. The van der Waals surface area contributed by atoms with E-state index in [9.17, 15) is 4.79 Å². The van der Waals surface area contributed by atoms with Gasteiger partial charge >= 0.3 is 0 Å². The third-order valence-electron chi connectivity index (χ3n) is 5.17. The molecule has 4 rings (SSSR count). The number of piperidine rings is 1. The van der Waals surface area contributed by atoms with E-state index in [2.05, 4.69) is 20.0 Å². The Morgan fingerprint density at radius 1 is 1.24 bits per heavy atom. The van der Waals surface area contributed by atoms with Crippen molar-refractivity contribution in [2.45, 2.75) is 38.6 Å². The maximum absolute atomic E-state index is 13.2. The molecule has 0 spiro atoms. The molecule has 2 saturated heterocycles. The Morgan fingerprint density at radius 2 is 2.12 bits per heavy atom. The minimum absolute atomic E-state index is 0.00403. The molecule has 4 heterocycles. The Hall–Kier alpha value is -2.44. The molecule has 0 aromatic carbocycles. The minimum Gasteiger partial charge on any atom is -0.361 e. The van der Waals surface area contributed by atoms with Crippen molar-refractivity contribution in [2.75, 3.05) is 24.5 Å². The van der Waals surface area contributed by atoms with Gasteiger partial charge < -0.3 is 14.3 Å². The van der Waals surface area contributed by atoms with E-state index in [0.717, 1.165) is 56.0 Å². The van der Waals surface area contributed by atoms with Gasteiger partial charge in [-0.05, 0) is 32.6 Å². The summed E-state index contributed by atoms with van der Waals surface area (Å²) in [6.07, 6.45) is 9.03. The Labute approximate surface area is 147 Å². The zero-order valence-corrected chi connectivity index (χ0v) is 14.5. The maximum atomic E-state index is 13.2. The summed E-state index contributed by atoms with van der Waals surface area (Å²) in [4.78, 5) is 25.9. The van der Waals surface area contributed by atoms with Crippen molar-refractivity contribution >= 4 is 11.7 Å². The van der Waals surface area contributed by atoms with Gasteiger partial charge in [0.1, 0.15) is 17.3 Å². The number of carbonyl (C=O) groups excluding carboxylic acids is 1. The standard InChI is InChI=1S/C18H23N5O2/c1-13-10-15(21-25-13)16-5-3-9-23(16)18(24)14-4-2-8-22(12-14)17-11-19-6-7-20-17/h6-7,10-11,14,16H,2-5,8-9,12H2,1H3/t14-,16-/m0/s1. The number of rotatable bonds is 3. The summed E-state index contributed by atoms with van der Waals surface area (Å²) in [7, 11) is 0. The van der Waals surface area contributed by atoms with E-state index in [1.807, 2.05) is 17.9 Å². The lowest BCUT2D eigenvalue weighted by molar-refractivity contribution is -0.136. The highest BCUT2D eigenvalue weighted by atomic mass is 16.5. The number of hydrogen-bond donors (Lipinski definition) is 0. The van der Waals surface area contributed by atoms with Crippen molar-refractivity contribution in [3.05, 3.63) is 36.1 Å². The van der Waals surface area contributed by atoms with Crippen LogP contribution in [0.4, 0.5) is 5.82 Å². The zero-order chi connectivity index (χ0) is 17.2. The fraction of sp³-hybridized carbons (Fsp3) is 0.556. The average Bonchev–Trinajstić information content (AvgIpc) is 3.30. The summed E-state index contributed by atoms with van der Waals surface area (Å²) >= 11 is 0. The van der Waals surface area contributed by atoms with Gasteiger partial charge in [-0.2, -0.15) is 0 Å². The molecule has 7 nitrogen and oxygen atoms in total. The lowest BCUT2D eigenvalue weighted by Gasteiger charge is -2.35. The maximum Gasteiger partial charge on any atom is 0.228 e. The van der Waals surface area contributed by atoms with Gasteiger partial charge in [0.25, 0.3) is 0 Å². The fourth-order valence-corrected chi connectivity index (χ4v) is 3.96. The van der Waals surface area contributed by atoms with Gasteiger partial charge in [0.15, 0.2) is 0 Å². The van der Waals surface area contributed by atoms with Gasteiger partial charge in [0.2, 0.25) is 5.91 Å². The van der Waals surface area contributed by atoms with Crippen LogP contribution in [-0.2, 0) is 4.79 Å². The predicted molar refractivity (Wildman–Crippen MR) is 91.9 cm³/mol. The third kappa shape index (κ3) is 3.23. The number of nitrogens with zero attached hydrogens (tertiary/aromatic N) is 5. The van der Waals surface area contributed by atoms with Gasteiger partial charge in [-0.3, -0.25) is 9.78 Å². The highest BCUT2D eigenvalue weighted by Gasteiger charge is 2.37. The van der Waals surface area contributed by atoms with Crippen molar-refractivity contribution in [1.29, 1.82) is 0 Å². The second-order valence-electron chi connectivity index (χ2n) is 6.90. The lowest BCUT2D eigenvalue weighted by atomic mass is 9.96. The first-order chi connectivity index (χ1) is 12.2. The van der Waals surface area contributed by atoms with E-state index < -0.39 is 0 Å². The first-order valence-electron chi connectivity index (χ1n) is 8.97. The molecule has 132 valence electrons. The summed E-state index contributed by atoms with van der Waals surface area (Å²) in [6.45, 7) is 4.32. The second-order valence-corrected chi connectivity index (χ2v) is 6.90. The molecule has 1 amide bonds. The number of aromatic nitrogens is 3. The van der Waals surface area contributed by atoms with Crippen molar-refractivity contribution in [3.63, 3.8) is 0 Å². The van der Waals surface area contributed by atoms with Crippen LogP contribution < -0.4 is 4.90 Å². The SMILES string of the molecule is Cc1cc([C@@H]2CCCN2C(=O)[C@H]2CCCN(c3cnccn3)C2)no1. The number of carbonyl (C=O) groups is 1. The lowest BCUT2D eigenvalue weighted by Crippen LogP contribution is -2.45. The van der Waals surface area contributed by atoms with Crippen molar-refractivity contribution in [2.24, 2.45) is 5.92 Å². The van der Waals surface area contributed by atoms with Crippen LogP contribution in [0.15, 0.2) is 29.2 Å². The Kier molecular flexibility index (Phi) is 4.38. The molecular formula is C18H23N5O2. The normalized spacial score (nSPS) is 23.9. The topological polar surface area (TPSA) is 75.4 Å². The van der Waals surface area contributed by atoms with Crippen LogP contribution in [-0.4, -0.2) is 45.6 Å². The van der Waals surface area contributed by atoms with E-state index in [1.54, 1.807) is 18.6 Å². The monoisotopic (exact) mass is 341 g/mol. The van der Waals surface area contributed by atoms with Crippen LogP contribution in [0.25, 0.3) is 0 Å². The van der Waals surface area contributed by atoms with Crippen LogP contribution in [0.1, 0.15) is 43.2 Å². The number of hydrogen-bond acceptors (Lipinski definition) is 6. The van der Waals surface area contributed by atoms with Gasteiger partial charge in [-0.25, -0.2) is 4.98 Å². The van der Waals surface area contributed by atoms with E-state index in [0.29, 0.717) is 6.54 Å². The first kappa shape index (κ1) is 16.1. The summed E-state index contributed by atoms with van der Waals surface area (Å²) < 4.78 is 5.21. The molecule has 0 saturated carbocycles. The molecule has 2 aliphatic rings. The molecule has 25 heavy (non-hydrogen) atoms. The summed E-state index contributed by atoms with van der Waals surface area (Å²) in [5.74, 6) is 1.88. The first-order valence-corrected chi connectivity index (χ1v) is 8.97. The molecule has 0 bridgehead atoms. The highest BCUT2D eigenvalue weighted by molar-refractivity contribution is 5.80. The van der Waals surface area contributed by atoms with Gasteiger partial charge in [0, 0.05) is 38.1 Å². The molecule has 0 aliphatic carbocycles. The Morgan fingerprint density at radius 3 is 2.88 bits per heavy atom. The van der Waals surface area contributed by atoms with Gasteiger partial charge in [-0.1, -0.05) is 5.16 Å². The van der Waals surface area contributed by atoms with Crippen molar-refractivity contribution < 1.29 is 9.32 Å². The molecule has 2 aromatic heterocycles. The zero-order valence-electron chi connectivity index (χ0n) is 14.5. The molecule has 0 unspecified atom stereocenters. The molecule has 0 N–H and O–H groups in total. The average molecular weight is 341 g/mol. The molecule has 2 aliphatic heterocycles. The smallest absolute Gasteiger partial charge is 0.228 e. The van der Waals surface area contributed by atoms with Gasteiger partial charge in [-0.15, -0.1) is 0 Å².